The summed E-state index contributed by atoms with van der Waals surface area (Å²) in [5, 5.41) is 0.638. The lowest BCUT2D eigenvalue weighted by atomic mass is 10.1. The van der Waals surface area contributed by atoms with Crippen LogP contribution in [0.15, 0.2) is 24.3 Å². The van der Waals surface area contributed by atoms with Gasteiger partial charge >= 0.3 is 0 Å². The monoisotopic (exact) mass is 277 g/mol. The number of benzene rings is 1. The molecule has 1 aliphatic heterocycles. The molecule has 0 radical (unpaired) electrons. The van der Waals surface area contributed by atoms with Crippen LogP contribution in [0.2, 0.25) is 0 Å². The van der Waals surface area contributed by atoms with E-state index in [4.69, 9.17) is 0 Å². The number of nitrogens with zero attached hydrogens (tertiary/aromatic N) is 1. The number of hydrogen-bond acceptors (Lipinski definition) is 3. The summed E-state index contributed by atoms with van der Waals surface area (Å²) in [6, 6.07) is 7.05. The van der Waals surface area contributed by atoms with E-state index in [1.807, 2.05) is 11.8 Å². The van der Waals surface area contributed by atoms with Crippen LogP contribution in [0.25, 0.3) is 0 Å². The first-order chi connectivity index (χ1) is 9.11. The molecule has 4 heteroatoms. The van der Waals surface area contributed by atoms with Gasteiger partial charge in [-0.15, -0.1) is 0 Å². The predicted octanol–water partition coefficient (Wildman–Crippen LogP) is 3.20. The fourth-order valence-electron chi connectivity index (χ4n) is 2.13. The fraction of sp³-hybridized carbons (Fsp3) is 0.467. The van der Waals surface area contributed by atoms with Crippen molar-refractivity contribution < 1.29 is 9.59 Å². The highest BCUT2D eigenvalue weighted by atomic mass is 32.2. The van der Waals surface area contributed by atoms with Crippen LogP contribution in [0.4, 0.5) is 0 Å². The Kier molecular flexibility index (Phi) is 4.64. The Labute approximate surface area is 118 Å². The van der Waals surface area contributed by atoms with E-state index in [9.17, 15) is 9.59 Å². The molecule has 0 spiro atoms. The molecule has 1 heterocycles. The lowest BCUT2D eigenvalue weighted by molar-refractivity contribution is 0.0652. The Bertz CT molecular complexity index is 450. The average Bonchev–Trinajstić information content (AvgIpc) is 2.63. The Morgan fingerprint density at radius 1 is 1.05 bits per heavy atom. The summed E-state index contributed by atoms with van der Waals surface area (Å²) in [5.41, 5.74) is 1.09. The van der Waals surface area contributed by atoms with Crippen LogP contribution in [0, 0.1) is 0 Å². The zero-order valence-electron chi connectivity index (χ0n) is 11.4. The molecule has 2 rings (SSSR count). The van der Waals surface area contributed by atoms with Gasteiger partial charge in [0.2, 0.25) is 0 Å². The highest BCUT2D eigenvalue weighted by Crippen LogP contribution is 2.22. The molecular weight excluding hydrogens is 258 g/mol. The van der Waals surface area contributed by atoms with Gasteiger partial charge in [-0.2, -0.15) is 11.8 Å². The van der Waals surface area contributed by atoms with E-state index in [-0.39, 0.29) is 11.8 Å². The first kappa shape index (κ1) is 14.1. The van der Waals surface area contributed by atoms with Crippen molar-refractivity contribution >= 4 is 23.6 Å². The van der Waals surface area contributed by atoms with Gasteiger partial charge in [0, 0.05) is 6.54 Å². The maximum absolute atomic E-state index is 12.1. The SMILES string of the molecule is CC(C)SCCCCN1C(=O)c2ccccc2C1=O. The summed E-state index contributed by atoms with van der Waals surface area (Å²) < 4.78 is 0. The van der Waals surface area contributed by atoms with Crippen molar-refractivity contribution in [3.63, 3.8) is 0 Å². The van der Waals surface area contributed by atoms with E-state index in [0.29, 0.717) is 22.9 Å². The van der Waals surface area contributed by atoms with Gasteiger partial charge in [-0.25, -0.2) is 0 Å². The zero-order valence-corrected chi connectivity index (χ0v) is 12.2. The third kappa shape index (κ3) is 3.18. The molecule has 0 aromatic heterocycles. The van der Waals surface area contributed by atoms with Crippen LogP contribution in [-0.4, -0.2) is 34.3 Å². The van der Waals surface area contributed by atoms with Gasteiger partial charge in [-0.05, 0) is 36.0 Å². The van der Waals surface area contributed by atoms with Crippen LogP contribution in [0.3, 0.4) is 0 Å². The highest BCUT2D eigenvalue weighted by Gasteiger charge is 2.34. The maximum Gasteiger partial charge on any atom is 0.261 e. The molecule has 0 fully saturated rings. The summed E-state index contributed by atoms with van der Waals surface area (Å²) in [7, 11) is 0. The number of thioether (sulfide) groups is 1. The topological polar surface area (TPSA) is 37.4 Å². The van der Waals surface area contributed by atoms with E-state index in [1.165, 1.54) is 4.90 Å². The Morgan fingerprint density at radius 3 is 2.16 bits per heavy atom. The molecule has 0 bridgehead atoms. The molecule has 1 aromatic rings. The highest BCUT2D eigenvalue weighted by molar-refractivity contribution is 7.99. The number of amides is 2. The first-order valence-electron chi connectivity index (χ1n) is 6.68. The van der Waals surface area contributed by atoms with Crippen LogP contribution in [0.1, 0.15) is 47.4 Å². The van der Waals surface area contributed by atoms with E-state index < -0.39 is 0 Å². The summed E-state index contributed by atoms with van der Waals surface area (Å²) in [6.07, 6.45) is 1.92. The van der Waals surface area contributed by atoms with Crippen molar-refractivity contribution in [1.29, 1.82) is 0 Å². The number of unbranched alkanes of at least 4 members (excludes halogenated alkanes) is 1. The molecule has 19 heavy (non-hydrogen) atoms. The molecule has 0 saturated carbocycles. The second-order valence-electron chi connectivity index (χ2n) is 4.93. The molecule has 0 saturated heterocycles. The van der Waals surface area contributed by atoms with Crippen LogP contribution < -0.4 is 0 Å². The van der Waals surface area contributed by atoms with Gasteiger partial charge in [-0.1, -0.05) is 26.0 Å². The summed E-state index contributed by atoms with van der Waals surface area (Å²) in [5.74, 6) is 0.801. The van der Waals surface area contributed by atoms with E-state index in [0.717, 1.165) is 18.6 Å². The summed E-state index contributed by atoms with van der Waals surface area (Å²) in [4.78, 5) is 25.5. The number of fused-ring (bicyclic) bond motifs is 1. The second kappa shape index (κ2) is 6.24. The molecule has 0 atom stereocenters. The van der Waals surface area contributed by atoms with Crippen molar-refractivity contribution in [2.24, 2.45) is 0 Å². The maximum atomic E-state index is 12.1. The van der Waals surface area contributed by atoms with E-state index >= 15 is 0 Å². The minimum Gasteiger partial charge on any atom is -0.274 e. The minimum atomic E-state index is -0.142. The van der Waals surface area contributed by atoms with Crippen molar-refractivity contribution in [1.82, 2.24) is 4.90 Å². The third-order valence-corrected chi connectivity index (χ3v) is 4.30. The predicted molar refractivity (Wildman–Crippen MR) is 78.6 cm³/mol. The first-order valence-corrected chi connectivity index (χ1v) is 7.73. The molecular formula is C15H19NO2S. The fourth-order valence-corrected chi connectivity index (χ4v) is 2.98. The van der Waals surface area contributed by atoms with E-state index in [2.05, 4.69) is 13.8 Å². The van der Waals surface area contributed by atoms with Crippen molar-refractivity contribution in [3.05, 3.63) is 35.4 Å². The number of hydrogen-bond donors (Lipinski definition) is 0. The van der Waals surface area contributed by atoms with Gasteiger partial charge in [0.15, 0.2) is 0 Å². The van der Waals surface area contributed by atoms with Crippen molar-refractivity contribution in [2.75, 3.05) is 12.3 Å². The zero-order chi connectivity index (χ0) is 13.8. The van der Waals surface area contributed by atoms with Gasteiger partial charge in [0.05, 0.1) is 11.1 Å². The van der Waals surface area contributed by atoms with Crippen LogP contribution in [-0.2, 0) is 0 Å². The average molecular weight is 277 g/mol. The number of carbonyl (C=O) groups is 2. The summed E-state index contributed by atoms with van der Waals surface area (Å²) >= 11 is 1.91. The molecule has 1 aliphatic rings. The molecule has 1 aromatic carbocycles. The Hall–Kier alpha value is -1.29. The number of imide groups is 1. The molecule has 0 N–H and O–H groups in total. The van der Waals surface area contributed by atoms with Crippen molar-refractivity contribution in [3.8, 4) is 0 Å². The standard InChI is InChI=1S/C15H19NO2S/c1-11(2)19-10-6-5-9-16-14(17)12-7-3-4-8-13(12)15(16)18/h3-4,7-8,11H,5-6,9-10H2,1-2H3. The number of carbonyl (C=O) groups excluding carboxylic acids is 2. The lowest BCUT2D eigenvalue weighted by Crippen LogP contribution is -2.30. The largest absolute Gasteiger partial charge is 0.274 e. The smallest absolute Gasteiger partial charge is 0.261 e. The minimum absolute atomic E-state index is 0.142. The molecule has 102 valence electrons. The molecule has 0 aliphatic carbocycles. The normalized spacial score (nSPS) is 14.4. The number of rotatable bonds is 6. The molecule has 0 unspecified atom stereocenters. The Morgan fingerprint density at radius 2 is 1.63 bits per heavy atom. The van der Waals surface area contributed by atoms with Crippen molar-refractivity contribution in [2.45, 2.75) is 31.9 Å². The van der Waals surface area contributed by atoms with E-state index in [1.54, 1.807) is 24.3 Å². The lowest BCUT2D eigenvalue weighted by Gasteiger charge is -2.13. The van der Waals surface area contributed by atoms with Gasteiger partial charge in [-0.3, -0.25) is 14.5 Å². The second-order valence-corrected chi connectivity index (χ2v) is 6.62. The summed E-state index contributed by atoms with van der Waals surface area (Å²) in [6.45, 7) is 4.88. The molecule has 2 amide bonds. The quantitative estimate of drug-likeness (QED) is 0.592. The molecule has 3 nitrogen and oxygen atoms in total. The van der Waals surface area contributed by atoms with Gasteiger partial charge in [0.25, 0.3) is 11.8 Å². The van der Waals surface area contributed by atoms with Gasteiger partial charge in [0.1, 0.15) is 0 Å². The Balaban J connectivity index is 1.87. The third-order valence-electron chi connectivity index (χ3n) is 3.11. The van der Waals surface area contributed by atoms with Crippen LogP contribution >= 0.6 is 11.8 Å². The van der Waals surface area contributed by atoms with Crippen LogP contribution in [0.5, 0.6) is 0 Å². The van der Waals surface area contributed by atoms with Gasteiger partial charge < -0.3 is 0 Å².